The van der Waals surface area contributed by atoms with Crippen LogP contribution in [-0.2, 0) is 14.3 Å². The first-order valence-corrected chi connectivity index (χ1v) is 15.4. The van der Waals surface area contributed by atoms with Gasteiger partial charge >= 0.3 is 6.09 Å². The lowest BCUT2D eigenvalue weighted by molar-refractivity contribution is -0.122. The number of carbonyl (C=O) groups is 2. The maximum atomic E-state index is 13.5. The molecule has 216 valence electrons. The summed E-state index contributed by atoms with van der Waals surface area (Å²) >= 11 is 8.06. The topological polar surface area (TPSA) is 49.9 Å². The van der Waals surface area contributed by atoms with E-state index in [2.05, 4.69) is 72.8 Å². The molecule has 1 atom stereocenters. The summed E-state index contributed by atoms with van der Waals surface area (Å²) in [6.45, 7) is 5.75. The Morgan fingerprint density at radius 1 is 0.833 bits per heavy atom. The summed E-state index contributed by atoms with van der Waals surface area (Å²) in [5, 5.41) is 0.553. The van der Waals surface area contributed by atoms with Gasteiger partial charge in [0.1, 0.15) is 12.1 Å². The number of hydrogen-bond donors (Lipinski definition) is 0. The van der Waals surface area contributed by atoms with E-state index in [0.717, 1.165) is 16.7 Å². The lowest BCUT2D eigenvalue weighted by Crippen LogP contribution is -2.60. The van der Waals surface area contributed by atoms with Crippen molar-refractivity contribution in [1.82, 2.24) is 4.90 Å². The molecule has 2 amide bonds. The Kier molecular flexibility index (Phi) is 8.95. The van der Waals surface area contributed by atoms with Crippen molar-refractivity contribution in [1.29, 1.82) is 0 Å². The summed E-state index contributed by atoms with van der Waals surface area (Å²) in [5.41, 5.74) is 3.43. The van der Waals surface area contributed by atoms with Gasteiger partial charge in [-0.2, -0.15) is 0 Å². The first-order valence-electron chi connectivity index (χ1n) is 14.0. The minimum atomic E-state index is -0.691. The maximum absolute atomic E-state index is 13.5. The Hall–Kier alpha value is -3.74. The first kappa shape index (κ1) is 29.7. The second-order valence-electron chi connectivity index (χ2n) is 11.3. The number of nitrogens with zero attached hydrogens (tertiary/aromatic N) is 2. The molecule has 0 aliphatic carbocycles. The number of benzene rings is 4. The molecule has 1 heterocycles. The molecule has 0 spiro atoms. The van der Waals surface area contributed by atoms with Gasteiger partial charge in [0.25, 0.3) is 0 Å². The van der Waals surface area contributed by atoms with Crippen molar-refractivity contribution in [2.24, 2.45) is 0 Å². The van der Waals surface area contributed by atoms with Gasteiger partial charge in [0.15, 0.2) is 0 Å². The summed E-state index contributed by atoms with van der Waals surface area (Å²) < 4.78 is 5.22. The zero-order chi connectivity index (χ0) is 29.7. The molecule has 1 saturated heterocycles. The number of ether oxygens (including phenoxy) is 1. The fourth-order valence-corrected chi connectivity index (χ4v) is 7.15. The molecule has 42 heavy (non-hydrogen) atoms. The molecule has 1 aliphatic rings. The van der Waals surface area contributed by atoms with Gasteiger partial charge in [0, 0.05) is 23.0 Å². The number of anilines is 1. The van der Waals surface area contributed by atoms with Crippen LogP contribution < -0.4 is 4.90 Å². The van der Waals surface area contributed by atoms with Crippen molar-refractivity contribution in [2.45, 2.75) is 37.2 Å². The van der Waals surface area contributed by atoms with Crippen LogP contribution in [0.3, 0.4) is 0 Å². The minimum Gasteiger partial charge on any atom is -0.444 e. The fourth-order valence-electron chi connectivity index (χ4n) is 5.33. The van der Waals surface area contributed by atoms with E-state index >= 15 is 0 Å². The molecular weight excluding hydrogens is 564 g/mol. The van der Waals surface area contributed by atoms with Crippen LogP contribution in [0.5, 0.6) is 0 Å². The highest BCUT2D eigenvalue weighted by molar-refractivity contribution is 8.00. The van der Waals surface area contributed by atoms with Gasteiger partial charge in [-0.05, 0) is 55.7 Å². The molecule has 1 unspecified atom stereocenters. The molecule has 4 aromatic rings. The zero-order valence-corrected chi connectivity index (χ0v) is 25.6. The van der Waals surface area contributed by atoms with Crippen LogP contribution in [0, 0.1) is 0 Å². The smallest absolute Gasteiger partial charge is 0.411 e. The highest BCUT2D eigenvalue weighted by Crippen LogP contribution is 2.49. The lowest BCUT2D eigenvalue weighted by Gasteiger charge is -2.43. The van der Waals surface area contributed by atoms with Gasteiger partial charge in [-0.3, -0.25) is 9.69 Å². The Balaban J connectivity index is 1.57. The normalized spacial score (nSPS) is 15.9. The third-order valence-corrected chi connectivity index (χ3v) is 9.15. The summed E-state index contributed by atoms with van der Waals surface area (Å²) in [7, 11) is 0. The predicted octanol–water partition coefficient (Wildman–Crippen LogP) is 8.02. The second-order valence-corrected chi connectivity index (χ2v) is 13.0. The van der Waals surface area contributed by atoms with E-state index in [1.54, 1.807) is 33.7 Å². The number of carbonyl (C=O) groups excluding carboxylic acids is 2. The molecule has 1 aliphatic heterocycles. The van der Waals surface area contributed by atoms with E-state index < -0.39 is 16.4 Å². The maximum Gasteiger partial charge on any atom is 0.411 e. The van der Waals surface area contributed by atoms with E-state index in [9.17, 15) is 9.59 Å². The van der Waals surface area contributed by atoms with E-state index in [0.29, 0.717) is 23.0 Å². The average Bonchev–Trinajstić information content (AvgIpc) is 2.98. The van der Waals surface area contributed by atoms with Crippen molar-refractivity contribution in [2.75, 3.05) is 23.7 Å². The Morgan fingerprint density at radius 3 is 1.83 bits per heavy atom. The largest absolute Gasteiger partial charge is 0.444 e. The third kappa shape index (κ3) is 6.50. The molecule has 0 bridgehead atoms. The predicted molar refractivity (Wildman–Crippen MR) is 172 cm³/mol. The van der Waals surface area contributed by atoms with E-state index in [1.165, 1.54) is 0 Å². The fraction of sp³-hybridized carbons (Fsp3) is 0.257. The summed E-state index contributed by atoms with van der Waals surface area (Å²) in [5.74, 6) is 0.368. The number of hydrogen-bond acceptors (Lipinski definition) is 4. The van der Waals surface area contributed by atoms with Gasteiger partial charge in [0.05, 0.1) is 10.8 Å². The average molecular weight is 599 g/mol. The van der Waals surface area contributed by atoms with Gasteiger partial charge in [-0.25, -0.2) is 4.79 Å². The first-order chi connectivity index (χ1) is 20.2. The van der Waals surface area contributed by atoms with Crippen molar-refractivity contribution in [3.63, 3.8) is 0 Å². The SMILES string of the molecule is CC(C)(C)OC(=O)N1CC(=O)N(c2cccc(Cl)c2)CC1CSC(c1ccccc1)(c1ccccc1)c1ccccc1. The molecule has 1 fully saturated rings. The van der Waals surface area contributed by atoms with Crippen molar-refractivity contribution in [3.05, 3.63) is 137 Å². The van der Waals surface area contributed by atoms with Crippen LogP contribution >= 0.6 is 23.4 Å². The molecular formula is C35H35ClN2O3S. The van der Waals surface area contributed by atoms with Crippen LogP contribution in [0.25, 0.3) is 0 Å². The van der Waals surface area contributed by atoms with Gasteiger partial charge in [0.2, 0.25) is 5.91 Å². The van der Waals surface area contributed by atoms with E-state index in [4.69, 9.17) is 16.3 Å². The second kappa shape index (κ2) is 12.6. The molecule has 7 heteroatoms. The van der Waals surface area contributed by atoms with Crippen LogP contribution in [0.2, 0.25) is 5.02 Å². The summed E-state index contributed by atoms with van der Waals surface area (Å²) in [4.78, 5) is 30.2. The van der Waals surface area contributed by atoms with Crippen LogP contribution in [0.4, 0.5) is 10.5 Å². The standard InChI is InChI=1S/C35H35ClN2O3S/c1-34(2,3)41-33(40)38-24-32(39)37(30-21-13-20-29(36)22-30)23-31(38)25-42-35(26-14-7-4-8-15-26,27-16-9-5-10-17-27)28-18-11-6-12-19-28/h4-22,31H,23-25H2,1-3H3. The van der Waals surface area contributed by atoms with Crippen molar-refractivity contribution >= 4 is 41.1 Å². The summed E-state index contributed by atoms with van der Waals surface area (Å²) in [6, 6.07) is 38.3. The quantitative estimate of drug-likeness (QED) is 0.202. The third-order valence-electron chi connectivity index (χ3n) is 7.22. The van der Waals surface area contributed by atoms with Gasteiger partial charge in [-0.15, -0.1) is 11.8 Å². The minimum absolute atomic E-state index is 0.0817. The van der Waals surface area contributed by atoms with Gasteiger partial charge < -0.3 is 9.64 Å². The monoisotopic (exact) mass is 598 g/mol. The van der Waals surface area contributed by atoms with E-state index in [-0.39, 0.29) is 18.5 Å². The Morgan fingerprint density at radius 2 is 1.36 bits per heavy atom. The molecule has 0 saturated carbocycles. The van der Waals surface area contributed by atoms with Gasteiger partial charge in [-0.1, -0.05) is 109 Å². The molecule has 0 N–H and O–H groups in total. The molecule has 0 aromatic heterocycles. The highest BCUT2D eigenvalue weighted by Gasteiger charge is 2.42. The number of halogens is 1. The van der Waals surface area contributed by atoms with Crippen LogP contribution in [-0.4, -0.2) is 47.4 Å². The number of amides is 2. The molecule has 5 rings (SSSR count). The van der Waals surface area contributed by atoms with Crippen LogP contribution in [0.1, 0.15) is 37.5 Å². The highest BCUT2D eigenvalue weighted by atomic mass is 35.5. The zero-order valence-electron chi connectivity index (χ0n) is 24.1. The molecule has 0 radical (unpaired) electrons. The van der Waals surface area contributed by atoms with E-state index in [1.807, 2.05) is 51.1 Å². The van der Waals surface area contributed by atoms with Crippen molar-refractivity contribution in [3.8, 4) is 0 Å². The lowest BCUT2D eigenvalue weighted by atomic mass is 9.84. The summed E-state index contributed by atoms with van der Waals surface area (Å²) in [6.07, 6.45) is -0.489. The Labute approximate surface area is 257 Å². The number of rotatable bonds is 7. The number of piperazine rings is 1. The molecule has 5 nitrogen and oxygen atoms in total. The van der Waals surface area contributed by atoms with Crippen molar-refractivity contribution < 1.29 is 14.3 Å². The Bertz CT molecular complexity index is 1410. The number of thioether (sulfide) groups is 1. The van der Waals surface area contributed by atoms with Crippen LogP contribution in [0.15, 0.2) is 115 Å². The molecule has 4 aromatic carbocycles.